The van der Waals surface area contributed by atoms with Crippen molar-refractivity contribution in [3.8, 4) is 11.5 Å². The van der Waals surface area contributed by atoms with Crippen molar-refractivity contribution in [1.29, 1.82) is 0 Å². The molecule has 4 heteroatoms. The molecule has 0 radical (unpaired) electrons. The number of hydrogen-bond acceptors (Lipinski definition) is 3. The van der Waals surface area contributed by atoms with E-state index in [0.29, 0.717) is 12.4 Å². The molecule has 0 atom stereocenters. The molecular formula is C10H13FO3. The van der Waals surface area contributed by atoms with Crippen molar-refractivity contribution in [2.75, 3.05) is 20.5 Å². The molecule has 0 fully saturated rings. The molecule has 0 bridgehead atoms. The van der Waals surface area contributed by atoms with Crippen molar-refractivity contribution in [3.05, 3.63) is 24.0 Å². The van der Waals surface area contributed by atoms with Gasteiger partial charge < -0.3 is 14.2 Å². The third-order valence-electron chi connectivity index (χ3n) is 1.64. The van der Waals surface area contributed by atoms with E-state index in [1.807, 2.05) is 6.92 Å². The normalized spacial score (nSPS) is 9.93. The Morgan fingerprint density at radius 1 is 1.36 bits per heavy atom. The van der Waals surface area contributed by atoms with E-state index in [9.17, 15) is 4.39 Å². The zero-order chi connectivity index (χ0) is 10.4. The highest BCUT2D eigenvalue weighted by molar-refractivity contribution is 5.32. The third kappa shape index (κ3) is 2.88. The number of ether oxygens (including phenoxy) is 3. The molecule has 1 aromatic rings. The second-order valence-electron chi connectivity index (χ2n) is 2.55. The van der Waals surface area contributed by atoms with Crippen molar-refractivity contribution in [2.24, 2.45) is 0 Å². The molecule has 0 saturated heterocycles. The lowest BCUT2D eigenvalue weighted by molar-refractivity contribution is 0.0222. The monoisotopic (exact) mass is 200 g/mol. The SMILES string of the molecule is CCOCOc1ccc(OC)c(F)c1. The Labute approximate surface area is 82.4 Å². The maximum Gasteiger partial charge on any atom is 0.189 e. The molecule has 0 aliphatic carbocycles. The fraction of sp³-hybridized carbons (Fsp3) is 0.400. The van der Waals surface area contributed by atoms with E-state index in [2.05, 4.69) is 0 Å². The number of hydrogen-bond donors (Lipinski definition) is 0. The molecular weight excluding hydrogens is 187 g/mol. The summed E-state index contributed by atoms with van der Waals surface area (Å²) >= 11 is 0. The van der Waals surface area contributed by atoms with Gasteiger partial charge in [0, 0.05) is 12.7 Å². The van der Waals surface area contributed by atoms with E-state index in [4.69, 9.17) is 14.2 Å². The van der Waals surface area contributed by atoms with Gasteiger partial charge in [-0.25, -0.2) is 4.39 Å². The summed E-state index contributed by atoms with van der Waals surface area (Å²) in [6.07, 6.45) is 0. The number of halogens is 1. The highest BCUT2D eigenvalue weighted by Gasteiger charge is 2.03. The first-order chi connectivity index (χ1) is 6.77. The quantitative estimate of drug-likeness (QED) is 0.538. The summed E-state index contributed by atoms with van der Waals surface area (Å²) in [5.74, 6) is 0.187. The van der Waals surface area contributed by atoms with E-state index in [-0.39, 0.29) is 12.5 Å². The largest absolute Gasteiger partial charge is 0.494 e. The van der Waals surface area contributed by atoms with Crippen molar-refractivity contribution in [1.82, 2.24) is 0 Å². The van der Waals surface area contributed by atoms with E-state index >= 15 is 0 Å². The topological polar surface area (TPSA) is 27.7 Å². The summed E-state index contributed by atoms with van der Waals surface area (Å²) in [6.45, 7) is 2.55. The maximum absolute atomic E-state index is 13.1. The Hall–Kier alpha value is -1.29. The van der Waals surface area contributed by atoms with Crippen LogP contribution in [0.4, 0.5) is 4.39 Å². The van der Waals surface area contributed by atoms with Crippen LogP contribution in [0.15, 0.2) is 18.2 Å². The standard InChI is InChI=1S/C10H13FO3/c1-3-13-7-14-8-4-5-10(12-2)9(11)6-8/h4-6H,3,7H2,1-2H3. The van der Waals surface area contributed by atoms with E-state index in [1.54, 1.807) is 6.07 Å². The van der Waals surface area contributed by atoms with Gasteiger partial charge in [0.15, 0.2) is 18.4 Å². The summed E-state index contributed by atoms with van der Waals surface area (Å²) in [7, 11) is 1.42. The van der Waals surface area contributed by atoms with Gasteiger partial charge in [-0.2, -0.15) is 0 Å². The predicted molar refractivity (Wildman–Crippen MR) is 50.1 cm³/mol. The van der Waals surface area contributed by atoms with Crippen molar-refractivity contribution < 1.29 is 18.6 Å². The molecule has 1 aromatic carbocycles. The fourth-order valence-corrected chi connectivity index (χ4v) is 0.930. The van der Waals surface area contributed by atoms with Crippen molar-refractivity contribution in [3.63, 3.8) is 0 Å². The minimum absolute atomic E-state index is 0.127. The molecule has 0 amide bonds. The van der Waals surface area contributed by atoms with Crippen LogP contribution >= 0.6 is 0 Å². The van der Waals surface area contributed by atoms with Gasteiger partial charge in [-0.1, -0.05) is 0 Å². The number of benzene rings is 1. The van der Waals surface area contributed by atoms with Gasteiger partial charge in [0.2, 0.25) is 0 Å². The van der Waals surface area contributed by atoms with Crippen LogP contribution in [-0.4, -0.2) is 20.5 Å². The predicted octanol–water partition coefficient (Wildman–Crippen LogP) is 2.21. The molecule has 0 unspecified atom stereocenters. The lowest BCUT2D eigenvalue weighted by Gasteiger charge is -2.07. The zero-order valence-corrected chi connectivity index (χ0v) is 8.25. The average Bonchev–Trinajstić information content (AvgIpc) is 2.18. The molecule has 0 aliphatic heterocycles. The second kappa shape index (κ2) is 5.44. The minimum atomic E-state index is -0.443. The van der Waals surface area contributed by atoms with Crippen molar-refractivity contribution >= 4 is 0 Å². The molecule has 0 spiro atoms. The Morgan fingerprint density at radius 2 is 2.14 bits per heavy atom. The number of methoxy groups -OCH3 is 1. The first-order valence-electron chi connectivity index (χ1n) is 4.32. The minimum Gasteiger partial charge on any atom is -0.494 e. The van der Waals surface area contributed by atoms with Gasteiger partial charge in [-0.3, -0.25) is 0 Å². The Balaban J connectivity index is 2.57. The molecule has 0 N–H and O–H groups in total. The summed E-state index contributed by atoms with van der Waals surface area (Å²) < 4.78 is 27.9. The molecule has 78 valence electrons. The maximum atomic E-state index is 13.1. The molecule has 0 aromatic heterocycles. The van der Waals surface area contributed by atoms with Crippen LogP contribution in [0.2, 0.25) is 0 Å². The van der Waals surface area contributed by atoms with Crippen LogP contribution in [-0.2, 0) is 4.74 Å². The first kappa shape index (κ1) is 10.8. The van der Waals surface area contributed by atoms with Crippen LogP contribution < -0.4 is 9.47 Å². The fourth-order valence-electron chi connectivity index (χ4n) is 0.930. The summed E-state index contributed by atoms with van der Waals surface area (Å²) in [5.41, 5.74) is 0. The zero-order valence-electron chi connectivity index (χ0n) is 8.25. The van der Waals surface area contributed by atoms with Gasteiger partial charge in [0.05, 0.1) is 7.11 Å². The van der Waals surface area contributed by atoms with E-state index in [0.717, 1.165) is 0 Å². The van der Waals surface area contributed by atoms with Gasteiger partial charge >= 0.3 is 0 Å². The van der Waals surface area contributed by atoms with Gasteiger partial charge in [-0.15, -0.1) is 0 Å². The Kier molecular flexibility index (Phi) is 4.19. The van der Waals surface area contributed by atoms with Crippen LogP contribution in [0.25, 0.3) is 0 Å². The lowest BCUT2D eigenvalue weighted by atomic mass is 10.3. The Morgan fingerprint density at radius 3 is 2.71 bits per heavy atom. The molecule has 14 heavy (non-hydrogen) atoms. The summed E-state index contributed by atoms with van der Waals surface area (Å²) in [6, 6.07) is 4.40. The van der Waals surface area contributed by atoms with E-state index < -0.39 is 5.82 Å². The summed E-state index contributed by atoms with van der Waals surface area (Å²) in [5, 5.41) is 0. The Bertz CT molecular complexity index is 289. The molecule has 1 rings (SSSR count). The highest BCUT2D eigenvalue weighted by atomic mass is 19.1. The van der Waals surface area contributed by atoms with Crippen LogP contribution in [0.3, 0.4) is 0 Å². The van der Waals surface area contributed by atoms with Crippen LogP contribution in [0, 0.1) is 5.82 Å². The van der Waals surface area contributed by atoms with E-state index in [1.165, 1.54) is 19.2 Å². The van der Waals surface area contributed by atoms with Crippen LogP contribution in [0.5, 0.6) is 11.5 Å². The van der Waals surface area contributed by atoms with Gasteiger partial charge in [-0.05, 0) is 19.1 Å². The highest BCUT2D eigenvalue weighted by Crippen LogP contribution is 2.21. The lowest BCUT2D eigenvalue weighted by Crippen LogP contribution is -2.02. The molecule has 3 nitrogen and oxygen atoms in total. The number of rotatable bonds is 5. The average molecular weight is 200 g/mol. The first-order valence-corrected chi connectivity index (χ1v) is 4.32. The van der Waals surface area contributed by atoms with Crippen molar-refractivity contribution in [2.45, 2.75) is 6.92 Å². The van der Waals surface area contributed by atoms with Gasteiger partial charge in [0.1, 0.15) is 5.75 Å². The molecule has 0 heterocycles. The summed E-state index contributed by atoms with van der Waals surface area (Å²) in [4.78, 5) is 0. The second-order valence-corrected chi connectivity index (χ2v) is 2.55. The smallest absolute Gasteiger partial charge is 0.189 e. The molecule has 0 aliphatic rings. The third-order valence-corrected chi connectivity index (χ3v) is 1.64. The molecule has 0 saturated carbocycles. The van der Waals surface area contributed by atoms with Crippen LogP contribution in [0.1, 0.15) is 6.92 Å². The van der Waals surface area contributed by atoms with Gasteiger partial charge in [0.25, 0.3) is 0 Å².